The number of aliphatic carboxylic acids is 1. The van der Waals surface area contributed by atoms with Gasteiger partial charge in [0.05, 0.1) is 13.0 Å². The molecular formula is C13H20N2O6. The van der Waals surface area contributed by atoms with Crippen LogP contribution in [0.4, 0.5) is 4.79 Å². The zero-order valence-electron chi connectivity index (χ0n) is 12.7. The molecule has 0 fully saturated rings. The molecule has 1 atom stereocenters. The van der Waals surface area contributed by atoms with Crippen LogP contribution in [-0.4, -0.2) is 54.6 Å². The first-order valence-corrected chi connectivity index (χ1v) is 6.16. The highest BCUT2D eigenvalue weighted by Gasteiger charge is 2.21. The molecular weight excluding hydrogens is 280 g/mol. The first-order valence-electron chi connectivity index (χ1n) is 6.16. The number of esters is 1. The van der Waals surface area contributed by atoms with E-state index in [1.165, 1.54) is 28.0 Å². The summed E-state index contributed by atoms with van der Waals surface area (Å²) in [7, 11) is 2.65. The van der Waals surface area contributed by atoms with Crippen LogP contribution >= 0.6 is 0 Å². The summed E-state index contributed by atoms with van der Waals surface area (Å²) in [6.45, 7) is 4.22. The van der Waals surface area contributed by atoms with Gasteiger partial charge in [0.15, 0.2) is 0 Å². The molecule has 8 nitrogen and oxygen atoms in total. The summed E-state index contributed by atoms with van der Waals surface area (Å²) < 4.78 is 4.53. The van der Waals surface area contributed by atoms with Crippen molar-refractivity contribution in [3.05, 3.63) is 11.1 Å². The van der Waals surface area contributed by atoms with E-state index < -0.39 is 29.8 Å². The number of imide groups is 1. The van der Waals surface area contributed by atoms with Crippen molar-refractivity contribution in [1.29, 1.82) is 0 Å². The lowest BCUT2D eigenvalue weighted by atomic mass is 10.1. The Kier molecular flexibility index (Phi) is 7.12. The van der Waals surface area contributed by atoms with Crippen molar-refractivity contribution in [3.8, 4) is 0 Å². The molecule has 0 aliphatic rings. The van der Waals surface area contributed by atoms with Crippen LogP contribution in [0.15, 0.2) is 11.1 Å². The number of nitrogens with zero attached hydrogens (tertiary/aromatic N) is 1. The van der Waals surface area contributed by atoms with Crippen molar-refractivity contribution in [3.63, 3.8) is 0 Å². The van der Waals surface area contributed by atoms with Gasteiger partial charge in [0, 0.05) is 24.7 Å². The van der Waals surface area contributed by atoms with Crippen LogP contribution in [0.5, 0.6) is 0 Å². The lowest BCUT2D eigenvalue weighted by Gasteiger charge is -2.20. The van der Waals surface area contributed by atoms with Crippen molar-refractivity contribution < 1.29 is 29.0 Å². The standard InChI is InChI=1S/C13H20N2O6/c1-7(12(19)21-5)6-15(4)13(20)14-10(16)8(2)9(3)11(17)18/h7H,6H2,1-5H3,(H,17,18)(H,14,16,20). The average molecular weight is 300 g/mol. The number of amides is 3. The second-order valence-corrected chi connectivity index (χ2v) is 4.62. The Morgan fingerprint density at radius 1 is 1.19 bits per heavy atom. The number of methoxy groups -OCH3 is 1. The maximum atomic E-state index is 11.8. The van der Waals surface area contributed by atoms with Crippen LogP contribution in [0.3, 0.4) is 0 Å². The number of hydrogen-bond acceptors (Lipinski definition) is 5. The molecule has 118 valence electrons. The second kappa shape index (κ2) is 8.03. The van der Waals surface area contributed by atoms with Gasteiger partial charge in [0.2, 0.25) is 0 Å². The highest BCUT2D eigenvalue weighted by atomic mass is 16.5. The average Bonchev–Trinajstić information content (AvgIpc) is 2.43. The van der Waals surface area contributed by atoms with Gasteiger partial charge >= 0.3 is 18.0 Å². The Morgan fingerprint density at radius 2 is 1.71 bits per heavy atom. The van der Waals surface area contributed by atoms with Gasteiger partial charge in [0.1, 0.15) is 0 Å². The first kappa shape index (κ1) is 18.6. The minimum atomic E-state index is -1.23. The maximum Gasteiger partial charge on any atom is 0.331 e. The van der Waals surface area contributed by atoms with Crippen LogP contribution in [0, 0.1) is 5.92 Å². The minimum Gasteiger partial charge on any atom is -0.478 e. The maximum absolute atomic E-state index is 11.8. The molecule has 0 aromatic carbocycles. The quantitative estimate of drug-likeness (QED) is 0.561. The fraction of sp³-hybridized carbons (Fsp3) is 0.538. The molecule has 0 aliphatic heterocycles. The zero-order chi connectivity index (χ0) is 16.7. The van der Waals surface area contributed by atoms with Crippen molar-refractivity contribution in [1.82, 2.24) is 10.2 Å². The van der Waals surface area contributed by atoms with Crippen LogP contribution in [0.2, 0.25) is 0 Å². The number of hydrogen-bond donors (Lipinski definition) is 2. The number of carboxylic acid groups (broad SMARTS) is 1. The summed E-state index contributed by atoms with van der Waals surface area (Å²) in [6.07, 6.45) is 0. The zero-order valence-corrected chi connectivity index (χ0v) is 12.7. The third-order valence-corrected chi connectivity index (χ3v) is 2.94. The van der Waals surface area contributed by atoms with E-state index in [-0.39, 0.29) is 17.7 Å². The molecule has 0 saturated heterocycles. The van der Waals surface area contributed by atoms with E-state index in [9.17, 15) is 19.2 Å². The molecule has 0 heterocycles. The van der Waals surface area contributed by atoms with E-state index in [1.54, 1.807) is 6.92 Å². The number of urea groups is 1. The third kappa shape index (κ3) is 5.64. The minimum absolute atomic E-state index is 0.0620. The highest BCUT2D eigenvalue weighted by Crippen LogP contribution is 2.05. The molecule has 0 saturated carbocycles. The Hall–Kier alpha value is -2.38. The molecule has 2 N–H and O–H groups in total. The third-order valence-electron chi connectivity index (χ3n) is 2.94. The summed E-state index contributed by atoms with van der Waals surface area (Å²) >= 11 is 0. The SMILES string of the molecule is COC(=O)C(C)CN(C)C(=O)NC(=O)C(C)=C(C)C(=O)O. The van der Waals surface area contributed by atoms with Gasteiger partial charge in [-0.2, -0.15) is 0 Å². The Labute approximate surface area is 122 Å². The number of ether oxygens (including phenoxy) is 1. The molecule has 8 heteroatoms. The highest BCUT2D eigenvalue weighted by molar-refractivity contribution is 6.07. The topological polar surface area (TPSA) is 113 Å². The van der Waals surface area contributed by atoms with E-state index in [2.05, 4.69) is 10.1 Å². The van der Waals surface area contributed by atoms with E-state index in [0.717, 1.165) is 4.90 Å². The van der Waals surface area contributed by atoms with Crippen LogP contribution in [0.1, 0.15) is 20.8 Å². The molecule has 0 rings (SSSR count). The Bertz CT molecular complexity index is 483. The van der Waals surface area contributed by atoms with Crippen LogP contribution in [0.25, 0.3) is 0 Å². The first-order chi connectivity index (χ1) is 9.61. The largest absolute Gasteiger partial charge is 0.478 e. The number of rotatable bonds is 5. The molecule has 0 aromatic rings. The van der Waals surface area contributed by atoms with Gasteiger partial charge in [-0.3, -0.25) is 14.9 Å². The summed E-state index contributed by atoms with van der Waals surface area (Å²) in [5, 5.41) is 10.8. The van der Waals surface area contributed by atoms with E-state index in [0.29, 0.717) is 0 Å². The van der Waals surface area contributed by atoms with Crippen molar-refractivity contribution in [2.24, 2.45) is 5.92 Å². The van der Waals surface area contributed by atoms with E-state index in [1.807, 2.05) is 0 Å². The summed E-state index contributed by atoms with van der Waals surface area (Å²) in [5.74, 6) is -3.04. The summed E-state index contributed by atoms with van der Waals surface area (Å²) in [4.78, 5) is 46.6. The van der Waals surface area contributed by atoms with E-state index >= 15 is 0 Å². The Morgan fingerprint density at radius 3 is 2.14 bits per heavy atom. The van der Waals surface area contributed by atoms with Gasteiger partial charge in [-0.05, 0) is 13.8 Å². The van der Waals surface area contributed by atoms with Crippen LogP contribution in [-0.2, 0) is 19.1 Å². The lowest BCUT2D eigenvalue weighted by Crippen LogP contribution is -2.44. The monoisotopic (exact) mass is 300 g/mol. The number of nitrogens with one attached hydrogen (secondary N) is 1. The van der Waals surface area contributed by atoms with Crippen molar-refractivity contribution >= 4 is 23.9 Å². The van der Waals surface area contributed by atoms with Crippen LogP contribution < -0.4 is 5.32 Å². The molecule has 3 amide bonds. The van der Waals surface area contributed by atoms with Gasteiger partial charge < -0.3 is 14.7 Å². The summed E-state index contributed by atoms with van der Waals surface area (Å²) in [6, 6.07) is -0.728. The number of carboxylic acids is 1. The fourth-order valence-corrected chi connectivity index (χ4v) is 1.39. The lowest BCUT2D eigenvalue weighted by molar-refractivity contribution is -0.145. The molecule has 0 spiro atoms. The van der Waals surface area contributed by atoms with Gasteiger partial charge in [-0.25, -0.2) is 9.59 Å². The second-order valence-electron chi connectivity index (χ2n) is 4.62. The smallest absolute Gasteiger partial charge is 0.331 e. The molecule has 0 radical (unpaired) electrons. The summed E-state index contributed by atoms with van der Waals surface area (Å²) in [5.41, 5.74) is -0.212. The van der Waals surface area contributed by atoms with Crippen molar-refractivity contribution in [2.75, 3.05) is 20.7 Å². The molecule has 1 unspecified atom stereocenters. The normalized spacial score (nSPS) is 12.8. The van der Waals surface area contributed by atoms with Gasteiger partial charge in [0.25, 0.3) is 5.91 Å². The molecule has 0 aromatic heterocycles. The van der Waals surface area contributed by atoms with Gasteiger partial charge in [-0.1, -0.05) is 6.92 Å². The predicted molar refractivity (Wildman–Crippen MR) is 73.4 cm³/mol. The Balaban J connectivity index is 4.69. The fourth-order valence-electron chi connectivity index (χ4n) is 1.39. The molecule has 0 bridgehead atoms. The van der Waals surface area contributed by atoms with E-state index in [4.69, 9.17) is 5.11 Å². The van der Waals surface area contributed by atoms with Gasteiger partial charge in [-0.15, -0.1) is 0 Å². The predicted octanol–water partition coefficient (Wildman–Crippen LogP) is 0.385. The molecule has 0 aliphatic carbocycles. The number of carbonyl (C=O) groups is 4. The number of carbonyl (C=O) groups excluding carboxylic acids is 3. The molecule has 21 heavy (non-hydrogen) atoms. The van der Waals surface area contributed by atoms with Crippen molar-refractivity contribution in [2.45, 2.75) is 20.8 Å².